The Morgan fingerprint density at radius 3 is 2.23 bits per heavy atom. The van der Waals surface area contributed by atoms with E-state index in [1.165, 1.54) is 11.8 Å². The molecule has 1 N–H and O–H groups in total. The van der Waals surface area contributed by atoms with Crippen molar-refractivity contribution in [3.05, 3.63) is 70.8 Å². The highest BCUT2D eigenvalue weighted by Gasteiger charge is 2.35. The van der Waals surface area contributed by atoms with E-state index in [-0.39, 0.29) is 30.2 Å². The highest BCUT2D eigenvalue weighted by Crippen LogP contribution is 2.25. The number of hydrogen-bond acceptors (Lipinski definition) is 4. The van der Waals surface area contributed by atoms with E-state index in [0.29, 0.717) is 42.2 Å². The minimum absolute atomic E-state index is 0.0339. The molecule has 2 aliphatic rings. The van der Waals surface area contributed by atoms with Crippen LogP contribution in [0.5, 0.6) is 0 Å². The van der Waals surface area contributed by atoms with Crippen LogP contribution in [0.2, 0.25) is 0 Å². The van der Waals surface area contributed by atoms with Gasteiger partial charge in [0, 0.05) is 32.1 Å². The molecule has 0 aromatic heterocycles. The minimum atomic E-state index is -0.307. The molecule has 2 heterocycles. The lowest BCUT2D eigenvalue weighted by atomic mass is 9.96. The third-order valence-corrected chi connectivity index (χ3v) is 5.93. The van der Waals surface area contributed by atoms with Crippen LogP contribution in [0.15, 0.2) is 48.5 Å². The molecule has 0 bridgehead atoms. The predicted molar refractivity (Wildman–Crippen MR) is 114 cm³/mol. The van der Waals surface area contributed by atoms with Gasteiger partial charge in [-0.25, -0.2) is 0 Å². The summed E-state index contributed by atoms with van der Waals surface area (Å²) in [5, 5.41) is 2.84. The molecule has 7 nitrogen and oxygen atoms in total. The average Bonchev–Trinajstić information content (AvgIpc) is 3.03. The van der Waals surface area contributed by atoms with Gasteiger partial charge in [0.1, 0.15) is 0 Å². The SMILES string of the molecule is CC(=O)NCC1CCN(C(=O)c2cccc(CN3C(=O)c4ccccc4C3=O)c2)CC1. The van der Waals surface area contributed by atoms with Crippen LogP contribution < -0.4 is 5.32 Å². The zero-order valence-corrected chi connectivity index (χ0v) is 17.5. The molecular formula is C24H25N3O4. The summed E-state index contributed by atoms with van der Waals surface area (Å²) in [5.41, 5.74) is 2.12. The Labute approximate surface area is 181 Å². The van der Waals surface area contributed by atoms with Gasteiger partial charge < -0.3 is 10.2 Å². The molecule has 0 unspecified atom stereocenters. The van der Waals surface area contributed by atoms with Crippen molar-refractivity contribution in [2.24, 2.45) is 5.92 Å². The van der Waals surface area contributed by atoms with Gasteiger partial charge in [-0.3, -0.25) is 24.1 Å². The summed E-state index contributed by atoms with van der Waals surface area (Å²) in [6.45, 7) is 3.57. The number of hydrogen-bond donors (Lipinski definition) is 1. The maximum atomic E-state index is 13.0. The standard InChI is InChI=1S/C24H25N3O4/c1-16(28)25-14-17-9-11-26(12-10-17)22(29)19-6-4-5-18(13-19)15-27-23(30)20-7-2-3-8-21(20)24(27)31/h2-8,13,17H,9-12,14-15H2,1H3,(H,25,28). The van der Waals surface area contributed by atoms with E-state index in [4.69, 9.17) is 0 Å². The smallest absolute Gasteiger partial charge is 0.261 e. The van der Waals surface area contributed by atoms with Gasteiger partial charge in [0.25, 0.3) is 17.7 Å². The van der Waals surface area contributed by atoms with E-state index in [2.05, 4.69) is 5.32 Å². The first-order valence-electron chi connectivity index (χ1n) is 10.5. The molecule has 0 spiro atoms. The summed E-state index contributed by atoms with van der Waals surface area (Å²) in [5.74, 6) is -0.319. The zero-order chi connectivity index (χ0) is 22.0. The number of rotatable bonds is 5. The number of imide groups is 1. The first-order chi connectivity index (χ1) is 14.9. The molecule has 2 aliphatic heterocycles. The predicted octanol–water partition coefficient (Wildman–Crippen LogP) is 2.47. The Balaban J connectivity index is 1.40. The molecule has 0 aliphatic carbocycles. The number of carbonyl (C=O) groups is 4. The third-order valence-electron chi connectivity index (χ3n) is 5.93. The van der Waals surface area contributed by atoms with Gasteiger partial charge in [0.05, 0.1) is 17.7 Å². The van der Waals surface area contributed by atoms with Crippen LogP contribution in [-0.4, -0.2) is 53.1 Å². The normalized spacial score (nSPS) is 16.4. The molecule has 2 aromatic rings. The maximum absolute atomic E-state index is 13.0. The van der Waals surface area contributed by atoms with Gasteiger partial charge in [-0.1, -0.05) is 24.3 Å². The lowest BCUT2D eigenvalue weighted by Crippen LogP contribution is -2.41. The fourth-order valence-corrected chi connectivity index (χ4v) is 4.18. The van der Waals surface area contributed by atoms with Gasteiger partial charge in [0.2, 0.25) is 5.91 Å². The molecule has 1 saturated heterocycles. The Kier molecular flexibility index (Phi) is 5.84. The second-order valence-corrected chi connectivity index (χ2v) is 8.12. The van der Waals surface area contributed by atoms with E-state index in [9.17, 15) is 19.2 Å². The van der Waals surface area contributed by atoms with Crippen molar-refractivity contribution in [2.75, 3.05) is 19.6 Å². The number of likely N-dealkylation sites (tertiary alicyclic amines) is 1. The van der Waals surface area contributed by atoms with Gasteiger partial charge in [-0.2, -0.15) is 0 Å². The van der Waals surface area contributed by atoms with Gasteiger partial charge in [-0.05, 0) is 48.6 Å². The number of fused-ring (bicyclic) bond motifs is 1. The van der Waals surface area contributed by atoms with Crippen molar-refractivity contribution < 1.29 is 19.2 Å². The van der Waals surface area contributed by atoms with E-state index in [1.807, 2.05) is 11.0 Å². The van der Waals surface area contributed by atoms with Gasteiger partial charge in [0.15, 0.2) is 0 Å². The number of piperidine rings is 1. The van der Waals surface area contributed by atoms with Crippen LogP contribution in [0.4, 0.5) is 0 Å². The fourth-order valence-electron chi connectivity index (χ4n) is 4.18. The molecule has 0 saturated carbocycles. The highest BCUT2D eigenvalue weighted by atomic mass is 16.2. The zero-order valence-electron chi connectivity index (χ0n) is 17.5. The number of benzene rings is 2. The maximum Gasteiger partial charge on any atom is 0.261 e. The van der Waals surface area contributed by atoms with Crippen molar-refractivity contribution in [3.63, 3.8) is 0 Å². The number of carbonyl (C=O) groups excluding carboxylic acids is 4. The van der Waals surface area contributed by atoms with Crippen LogP contribution in [0.25, 0.3) is 0 Å². The molecule has 2 aromatic carbocycles. The number of amides is 4. The van der Waals surface area contributed by atoms with Crippen molar-refractivity contribution >= 4 is 23.6 Å². The van der Waals surface area contributed by atoms with Gasteiger partial charge >= 0.3 is 0 Å². The van der Waals surface area contributed by atoms with Crippen molar-refractivity contribution in [2.45, 2.75) is 26.3 Å². The van der Waals surface area contributed by atoms with Crippen LogP contribution in [-0.2, 0) is 11.3 Å². The monoisotopic (exact) mass is 419 g/mol. The van der Waals surface area contributed by atoms with Crippen LogP contribution in [0.3, 0.4) is 0 Å². The Morgan fingerprint density at radius 2 is 1.61 bits per heavy atom. The Bertz CT molecular complexity index is 1010. The molecular weight excluding hydrogens is 394 g/mol. The topological polar surface area (TPSA) is 86.8 Å². The molecule has 4 amide bonds. The van der Waals surface area contributed by atoms with Crippen molar-refractivity contribution in [1.29, 1.82) is 0 Å². The van der Waals surface area contributed by atoms with E-state index < -0.39 is 0 Å². The summed E-state index contributed by atoms with van der Waals surface area (Å²) in [4.78, 5) is 52.3. The second-order valence-electron chi connectivity index (χ2n) is 8.12. The summed E-state index contributed by atoms with van der Waals surface area (Å²) in [6.07, 6.45) is 1.70. The quantitative estimate of drug-likeness (QED) is 0.755. The first-order valence-corrected chi connectivity index (χ1v) is 10.5. The third kappa shape index (κ3) is 4.35. The van der Waals surface area contributed by atoms with Crippen molar-refractivity contribution in [1.82, 2.24) is 15.1 Å². The molecule has 160 valence electrons. The highest BCUT2D eigenvalue weighted by molar-refractivity contribution is 6.21. The van der Waals surface area contributed by atoms with E-state index in [1.54, 1.807) is 42.5 Å². The van der Waals surface area contributed by atoms with Gasteiger partial charge in [-0.15, -0.1) is 0 Å². The largest absolute Gasteiger partial charge is 0.356 e. The number of nitrogens with one attached hydrogen (secondary N) is 1. The van der Waals surface area contributed by atoms with Crippen LogP contribution in [0.1, 0.15) is 56.4 Å². The summed E-state index contributed by atoms with van der Waals surface area (Å²) in [7, 11) is 0. The van der Waals surface area contributed by atoms with Crippen LogP contribution >= 0.6 is 0 Å². The fraction of sp³-hybridized carbons (Fsp3) is 0.333. The second kappa shape index (κ2) is 8.71. The minimum Gasteiger partial charge on any atom is -0.356 e. The Morgan fingerprint density at radius 1 is 0.968 bits per heavy atom. The molecule has 31 heavy (non-hydrogen) atoms. The lowest BCUT2D eigenvalue weighted by Gasteiger charge is -2.32. The molecule has 4 rings (SSSR count). The lowest BCUT2D eigenvalue weighted by molar-refractivity contribution is -0.119. The summed E-state index contributed by atoms with van der Waals surface area (Å²) in [6, 6.07) is 13.9. The molecule has 1 fully saturated rings. The van der Waals surface area contributed by atoms with Crippen molar-refractivity contribution in [3.8, 4) is 0 Å². The molecule has 7 heteroatoms. The average molecular weight is 419 g/mol. The van der Waals surface area contributed by atoms with Crippen LogP contribution in [0, 0.1) is 5.92 Å². The first kappa shape index (κ1) is 20.8. The van der Waals surface area contributed by atoms with E-state index >= 15 is 0 Å². The Hall–Kier alpha value is -3.48. The molecule has 0 atom stereocenters. The molecule has 0 radical (unpaired) electrons. The summed E-state index contributed by atoms with van der Waals surface area (Å²) < 4.78 is 0. The summed E-state index contributed by atoms with van der Waals surface area (Å²) >= 11 is 0. The van der Waals surface area contributed by atoms with E-state index in [0.717, 1.165) is 18.4 Å². The number of nitrogens with zero attached hydrogens (tertiary/aromatic N) is 2.